The third-order valence-electron chi connectivity index (χ3n) is 7.16. The summed E-state index contributed by atoms with van der Waals surface area (Å²) in [5.41, 5.74) is 4.61. The minimum absolute atomic E-state index is 0.153. The standard InChI is InChI=1S/C30H26Cl2N8O/c31-20-7-4-8-21(11-20)36-28-19(14-33)15-35-30-23(28)12-22(13-24(30)32)37-29(18-5-2-1-3-6-18)25-17-40(39-38-25)26-9-10-34-16-27(26)41/h1-8,11-13,15,17,26-27,29,34,37,41H,9-10,16H2,(H,35,36)/t26-,27-,29+/m1/s1. The molecule has 4 N–H and O–H groups in total. The Kier molecular flexibility index (Phi) is 7.72. The number of aliphatic hydroxyl groups excluding tert-OH is 1. The van der Waals surface area contributed by atoms with E-state index in [0.717, 1.165) is 24.2 Å². The Labute approximate surface area is 246 Å². The van der Waals surface area contributed by atoms with Crippen molar-refractivity contribution in [3.63, 3.8) is 0 Å². The second-order valence-corrected chi connectivity index (χ2v) is 10.7. The van der Waals surface area contributed by atoms with Crippen molar-refractivity contribution >= 4 is 51.2 Å². The van der Waals surface area contributed by atoms with Crippen molar-refractivity contribution in [1.82, 2.24) is 25.3 Å². The van der Waals surface area contributed by atoms with Crippen LogP contribution in [0.15, 0.2) is 79.1 Å². The number of nitrogens with one attached hydrogen (secondary N) is 3. The zero-order chi connectivity index (χ0) is 28.3. The average Bonchev–Trinajstić information content (AvgIpc) is 3.47. The molecule has 0 amide bonds. The number of anilines is 3. The number of β-amino-alcohol motifs (C(OH)–C–C–N with tert-alkyl or cyclic N) is 1. The number of hydrogen-bond donors (Lipinski definition) is 4. The number of nitriles is 1. The number of aromatic nitrogens is 4. The van der Waals surface area contributed by atoms with Crippen LogP contribution in [-0.4, -0.2) is 44.3 Å². The van der Waals surface area contributed by atoms with Crippen LogP contribution in [-0.2, 0) is 0 Å². The van der Waals surface area contributed by atoms with Gasteiger partial charge in [0, 0.05) is 34.5 Å². The van der Waals surface area contributed by atoms with Crippen LogP contribution in [0, 0.1) is 11.3 Å². The minimum Gasteiger partial charge on any atom is -0.390 e. The number of aliphatic hydroxyl groups is 1. The summed E-state index contributed by atoms with van der Waals surface area (Å²) in [6.45, 7) is 1.32. The first-order valence-electron chi connectivity index (χ1n) is 13.2. The smallest absolute Gasteiger partial charge is 0.109 e. The predicted molar refractivity (Wildman–Crippen MR) is 161 cm³/mol. The summed E-state index contributed by atoms with van der Waals surface area (Å²) in [7, 11) is 0. The van der Waals surface area contributed by atoms with Crippen molar-refractivity contribution in [3.05, 3.63) is 106 Å². The molecule has 0 radical (unpaired) electrons. The van der Waals surface area contributed by atoms with E-state index in [-0.39, 0.29) is 12.1 Å². The van der Waals surface area contributed by atoms with Crippen molar-refractivity contribution in [1.29, 1.82) is 5.26 Å². The third-order valence-corrected chi connectivity index (χ3v) is 7.68. The predicted octanol–water partition coefficient (Wildman–Crippen LogP) is 5.85. The summed E-state index contributed by atoms with van der Waals surface area (Å²) in [6.07, 6.45) is 3.60. The van der Waals surface area contributed by atoms with Gasteiger partial charge in [0.15, 0.2) is 0 Å². The molecule has 1 aliphatic rings. The fourth-order valence-electron chi connectivity index (χ4n) is 5.13. The highest BCUT2D eigenvalue weighted by Gasteiger charge is 2.27. The van der Waals surface area contributed by atoms with Crippen LogP contribution >= 0.6 is 23.2 Å². The van der Waals surface area contributed by atoms with Crippen LogP contribution in [0.4, 0.5) is 17.1 Å². The van der Waals surface area contributed by atoms with Gasteiger partial charge in [0.2, 0.25) is 0 Å². The van der Waals surface area contributed by atoms with Gasteiger partial charge in [-0.3, -0.25) is 4.98 Å². The second-order valence-electron chi connectivity index (χ2n) is 9.89. The van der Waals surface area contributed by atoms with E-state index >= 15 is 0 Å². The highest BCUT2D eigenvalue weighted by Crippen LogP contribution is 2.37. The van der Waals surface area contributed by atoms with E-state index in [1.54, 1.807) is 16.8 Å². The topological polar surface area (TPSA) is 124 Å². The van der Waals surface area contributed by atoms with Crippen LogP contribution in [0.25, 0.3) is 10.9 Å². The highest BCUT2D eigenvalue weighted by atomic mass is 35.5. The molecular weight excluding hydrogens is 559 g/mol. The van der Waals surface area contributed by atoms with E-state index in [1.807, 2.05) is 60.8 Å². The van der Waals surface area contributed by atoms with Gasteiger partial charge in [0.05, 0.1) is 46.2 Å². The molecule has 1 aliphatic heterocycles. The number of fused-ring (bicyclic) bond motifs is 1. The molecule has 3 atom stereocenters. The Balaban J connectivity index is 1.41. The van der Waals surface area contributed by atoms with Gasteiger partial charge >= 0.3 is 0 Å². The van der Waals surface area contributed by atoms with Crippen molar-refractivity contribution in [3.8, 4) is 6.07 Å². The molecule has 3 aromatic carbocycles. The van der Waals surface area contributed by atoms with Gasteiger partial charge in [-0.2, -0.15) is 5.26 Å². The molecule has 11 heteroatoms. The SMILES string of the molecule is N#Cc1cnc2c(Cl)cc(N[C@@H](c3ccccc3)c3cn([C@@H]4CCNC[C@H]4O)nn3)cc2c1Nc1cccc(Cl)c1. The maximum atomic E-state index is 10.5. The molecule has 0 spiro atoms. The van der Waals surface area contributed by atoms with Crippen LogP contribution in [0.1, 0.15) is 35.3 Å². The molecule has 9 nitrogen and oxygen atoms in total. The Hall–Kier alpha value is -4.20. The average molecular weight is 585 g/mol. The van der Waals surface area contributed by atoms with Crippen LogP contribution in [0.2, 0.25) is 10.0 Å². The number of piperidine rings is 1. The molecular formula is C30H26Cl2N8O. The van der Waals surface area contributed by atoms with Crippen LogP contribution in [0.5, 0.6) is 0 Å². The Morgan fingerprint density at radius 1 is 1.07 bits per heavy atom. The molecule has 0 unspecified atom stereocenters. The molecule has 5 aromatic rings. The lowest BCUT2D eigenvalue weighted by Gasteiger charge is -2.28. The summed E-state index contributed by atoms with van der Waals surface area (Å²) < 4.78 is 1.75. The van der Waals surface area contributed by atoms with Crippen molar-refractivity contribution in [2.24, 2.45) is 0 Å². The maximum absolute atomic E-state index is 10.5. The van der Waals surface area contributed by atoms with E-state index in [0.29, 0.717) is 50.1 Å². The molecule has 6 rings (SSSR count). The van der Waals surface area contributed by atoms with E-state index in [4.69, 9.17) is 23.2 Å². The normalized spacial score (nSPS) is 17.6. The number of pyridine rings is 1. The van der Waals surface area contributed by atoms with Crippen LogP contribution < -0.4 is 16.0 Å². The van der Waals surface area contributed by atoms with Crippen molar-refractivity contribution < 1.29 is 5.11 Å². The minimum atomic E-state index is -0.548. The summed E-state index contributed by atoms with van der Waals surface area (Å²) in [6, 6.07) is 22.6. The van der Waals surface area contributed by atoms with Crippen molar-refractivity contribution in [2.45, 2.75) is 24.6 Å². The van der Waals surface area contributed by atoms with Gasteiger partial charge in [0.1, 0.15) is 11.8 Å². The van der Waals surface area contributed by atoms with Gasteiger partial charge in [-0.1, -0.05) is 64.8 Å². The summed E-state index contributed by atoms with van der Waals surface area (Å²) in [4.78, 5) is 4.47. The first kappa shape index (κ1) is 27.0. The van der Waals surface area contributed by atoms with E-state index in [9.17, 15) is 10.4 Å². The fraction of sp³-hybridized carbons (Fsp3) is 0.200. The lowest BCUT2D eigenvalue weighted by atomic mass is 10.0. The first-order chi connectivity index (χ1) is 20.0. The number of halogens is 2. The summed E-state index contributed by atoms with van der Waals surface area (Å²) >= 11 is 13.0. The fourth-order valence-corrected chi connectivity index (χ4v) is 5.59. The van der Waals surface area contributed by atoms with Gasteiger partial charge in [-0.25, -0.2) is 4.68 Å². The lowest BCUT2D eigenvalue weighted by molar-refractivity contribution is 0.0800. The summed E-state index contributed by atoms with van der Waals surface area (Å²) in [5.74, 6) is 0. The number of nitrogens with zero attached hydrogens (tertiary/aromatic N) is 5. The first-order valence-corrected chi connectivity index (χ1v) is 13.9. The monoisotopic (exact) mass is 584 g/mol. The van der Waals surface area contributed by atoms with Gasteiger partial charge in [0.25, 0.3) is 0 Å². The molecule has 1 saturated heterocycles. The van der Waals surface area contributed by atoms with E-state index in [1.165, 1.54) is 6.20 Å². The molecule has 1 fully saturated rings. The van der Waals surface area contributed by atoms with Crippen molar-refractivity contribution in [2.75, 3.05) is 23.7 Å². The number of hydrogen-bond acceptors (Lipinski definition) is 8. The van der Waals surface area contributed by atoms with E-state index in [2.05, 4.69) is 37.3 Å². The number of benzene rings is 3. The van der Waals surface area contributed by atoms with Crippen LogP contribution in [0.3, 0.4) is 0 Å². The van der Waals surface area contributed by atoms with Gasteiger partial charge in [-0.15, -0.1) is 5.10 Å². The molecule has 2 aromatic heterocycles. The maximum Gasteiger partial charge on any atom is 0.109 e. The lowest BCUT2D eigenvalue weighted by Crippen LogP contribution is -2.41. The third kappa shape index (κ3) is 5.69. The Bertz CT molecular complexity index is 1740. The largest absolute Gasteiger partial charge is 0.390 e. The Morgan fingerprint density at radius 2 is 1.93 bits per heavy atom. The molecule has 206 valence electrons. The molecule has 0 saturated carbocycles. The zero-order valence-corrected chi connectivity index (χ0v) is 23.3. The molecule has 3 heterocycles. The number of rotatable bonds is 7. The Morgan fingerprint density at radius 3 is 2.71 bits per heavy atom. The summed E-state index contributed by atoms with van der Waals surface area (Å²) in [5, 5.41) is 41.1. The molecule has 41 heavy (non-hydrogen) atoms. The second kappa shape index (κ2) is 11.7. The molecule has 0 bridgehead atoms. The molecule has 0 aliphatic carbocycles. The van der Waals surface area contributed by atoms with E-state index < -0.39 is 6.10 Å². The van der Waals surface area contributed by atoms with Gasteiger partial charge < -0.3 is 21.1 Å². The highest BCUT2D eigenvalue weighted by molar-refractivity contribution is 6.36. The quantitative estimate of drug-likeness (QED) is 0.188. The van der Waals surface area contributed by atoms with Gasteiger partial charge in [-0.05, 0) is 48.9 Å². The zero-order valence-electron chi connectivity index (χ0n) is 21.8.